The van der Waals surface area contributed by atoms with Gasteiger partial charge in [-0.15, -0.1) is 0 Å². The maximum absolute atomic E-state index is 12.0. The highest BCUT2D eigenvalue weighted by Crippen LogP contribution is 2.37. The van der Waals surface area contributed by atoms with E-state index in [4.69, 9.17) is 32.3 Å². The number of rotatable bonds is 7. The molecule has 1 fully saturated rings. The molecule has 1 aliphatic rings. The Hall–Kier alpha value is -3.76. The summed E-state index contributed by atoms with van der Waals surface area (Å²) in [5, 5.41) is 10.2. The molecule has 192 valence electrons. The summed E-state index contributed by atoms with van der Waals surface area (Å²) in [5.41, 5.74) is 7.88. The highest BCUT2D eigenvalue weighted by Gasteiger charge is 2.37. The molecule has 0 spiro atoms. The van der Waals surface area contributed by atoms with Crippen molar-refractivity contribution in [3.63, 3.8) is 0 Å². The molecule has 5 rings (SSSR count). The van der Waals surface area contributed by atoms with Gasteiger partial charge in [0.2, 0.25) is 11.9 Å². The van der Waals surface area contributed by atoms with Crippen LogP contribution < -0.4 is 15.5 Å². The van der Waals surface area contributed by atoms with Gasteiger partial charge in [0.1, 0.15) is 5.69 Å². The summed E-state index contributed by atoms with van der Waals surface area (Å²) in [4.78, 5) is 35.3. The number of piperidine rings is 1. The minimum absolute atomic E-state index is 0.0382. The lowest BCUT2D eigenvalue weighted by Gasteiger charge is -2.38. The molecule has 0 aliphatic carbocycles. The van der Waals surface area contributed by atoms with Crippen molar-refractivity contribution in [2.45, 2.75) is 19.8 Å². The summed E-state index contributed by atoms with van der Waals surface area (Å²) in [6, 6.07) is 13.1. The van der Waals surface area contributed by atoms with Crippen molar-refractivity contribution in [2.75, 3.05) is 43.1 Å². The molecule has 4 heterocycles. The number of carbonyl (C=O) groups excluding carboxylic acids is 1. The first-order chi connectivity index (χ1) is 17.8. The minimum Gasteiger partial charge on any atom is -0.395 e. The molecule has 1 aromatic carbocycles. The summed E-state index contributed by atoms with van der Waals surface area (Å²) < 4.78 is 1.95. The number of carbonyl (C=O) groups is 1. The van der Waals surface area contributed by atoms with Gasteiger partial charge in [-0.3, -0.25) is 14.3 Å². The van der Waals surface area contributed by atoms with Crippen molar-refractivity contribution in [2.24, 2.45) is 11.1 Å². The maximum Gasteiger partial charge on any atom is 0.229 e. The number of hydrogen-bond donors (Lipinski definition) is 2. The highest BCUT2D eigenvalue weighted by atomic mass is 35.5. The first-order valence-electron chi connectivity index (χ1n) is 12.2. The molecule has 1 amide bonds. The second kappa shape index (κ2) is 9.95. The van der Waals surface area contributed by atoms with Gasteiger partial charge < -0.3 is 20.6 Å². The Morgan fingerprint density at radius 1 is 1.14 bits per heavy atom. The Morgan fingerprint density at radius 3 is 2.49 bits per heavy atom. The van der Waals surface area contributed by atoms with Crippen molar-refractivity contribution in [3.8, 4) is 17.2 Å². The van der Waals surface area contributed by atoms with Gasteiger partial charge in [0.15, 0.2) is 22.8 Å². The van der Waals surface area contributed by atoms with Crippen LogP contribution in [0.5, 0.6) is 0 Å². The average Bonchev–Trinajstić information content (AvgIpc) is 3.29. The molecule has 0 radical (unpaired) electrons. The third kappa shape index (κ3) is 4.70. The molecule has 1 saturated heterocycles. The largest absolute Gasteiger partial charge is 0.395 e. The minimum atomic E-state index is -0.555. The van der Waals surface area contributed by atoms with Crippen LogP contribution in [0.1, 0.15) is 19.8 Å². The van der Waals surface area contributed by atoms with E-state index in [-0.39, 0.29) is 12.5 Å². The van der Waals surface area contributed by atoms with Gasteiger partial charge >= 0.3 is 0 Å². The Balaban J connectivity index is 1.74. The number of primary amides is 1. The summed E-state index contributed by atoms with van der Waals surface area (Å²) in [6.45, 7) is 3.44. The van der Waals surface area contributed by atoms with E-state index >= 15 is 0 Å². The number of aliphatic hydroxyl groups excluding tert-OH is 1. The molecule has 37 heavy (non-hydrogen) atoms. The van der Waals surface area contributed by atoms with E-state index in [1.807, 2.05) is 61.0 Å². The van der Waals surface area contributed by atoms with Crippen LogP contribution in [0.25, 0.3) is 28.4 Å². The van der Waals surface area contributed by atoms with Crippen LogP contribution in [-0.2, 0) is 4.79 Å². The molecule has 0 saturated carbocycles. The lowest BCUT2D eigenvalue weighted by atomic mass is 9.80. The summed E-state index contributed by atoms with van der Waals surface area (Å²) >= 11 is 6.19. The van der Waals surface area contributed by atoms with Gasteiger partial charge in [-0.1, -0.05) is 24.6 Å². The molecule has 0 unspecified atom stereocenters. The number of aliphatic hydroxyl groups is 1. The zero-order valence-electron chi connectivity index (χ0n) is 20.8. The molecule has 3 aromatic heterocycles. The van der Waals surface area contributed by atoms with Crippen LogP contribution in [0.4, 0.5) is 11.8 Å². The molecule has 1 aliphatic heterocycles. The zero-order valence-corrected chi connectivity index (χ0v) is 21.6. The van der Waals surface area contributed by atoms with Gasteiger partial charge in [0.25, 0.3) is 0 Å². The number of nitrogens with two attached hydrogens (primary N) is 1. The fourth-order valence-electron chi connectivity index (χ4n) is 4.53. The van der Waals surface area contributed by atoms with Crippen molar-refractivity contribution in [1.82, 2.24) is 24.5 Å². The normalized spacial score (nSPS) is 15.2. The second-order valence-electron chi connectivity index (χ2n) is 9.54. The third-order valence-electron chi connectivity index (χ3n) is 6.99. The Bertz CT molecular complexity index is 1420. The number of halogens is 1. The first-order valence-corrected chi connectivity index (χ1v) is 12.5. The number of aromatic nitrogens is 5. The third-order valence-corrected chi connectivity index (χ3v) is 7.25. The van der Waals surface area contributed by atoms with Crippen molar-refractivity contribution >= 4 is 40.4 Å². The number of benzene rings is 1. The van der Waals surface area contributed by atoms with E-state index < -0.39 is 5.41 Å². The van der Waals surface area contributed by atoms with E-state index in [2.05, 4.69) is 9.88 Å². The average molecular weight is 521 g/mol. The van der Waals surface area contributed by atoms with Crippen molar-refractivity contribution in [3.05, 3.63) is 53.7 Å². The lowest BCUT2D eigenvalue weighted by molar-refractivity contribution is -0.127. The predicted octanol–water partition coefficient (Wildman–Crippen LogP) is 3.05. The number of fused-ring (bicyclic) bond motifs is 1. The Labute approximate surface area is 219 Å². The Morgan fingerprint density at radius 2 is 1.86 bits per heavy atom. The first kappa shape index (κ1) is 24.9. The number of anilines is 2. The lowest BCUT2D eigenvalue weighted by Crippen LogP contribution is -2.45. The predicted molar refractivity (Wildman–Crippen MR) is 144 cm³/mol. The smallest absolute Gasteiger partial charge is 0.229 e. The summed E-state index contributed by atoms with van der Waals surface area (Å²) in [6.07, 6.45) is 2.95. The number of likely N-dealkylation sites (N-methyl/N-ethyl adjacent to an activating group) is 1. The molecule has 0 bridgehead atoms. The number of imidazole rings is 1. The fourth-order valence-corrected chi connectivity index (χ4v) is 4.66. The van der Waals surface area contributed by atoms with Gasteiger partial charge in [0, 0.05) is 49.0 Å². The SMILES string of the molecule is CN(CCO)c1nc(N2CCC(C)(C(N)=O)CC2)c2nc(-c3ccccn3)n(-c3ccc(Cl)cc3)c2n1. The highest BCUT2D eigenvalue weighted by molar-refractivity contribution is 6.30. The molecular weight excluding hydrogens is 492 g/mol. The summed E-state index contributed by atoms with van der Waals surface area (Å²) in [7, 11) is 1.84. The van der Waals surface area contributed by atoms with Crippen LogP contribution >= 0.6 is 11.6 Å². The monoisotopic (exact) mass is 520 g/mol. The zero-order chi connectivity index (χ0) is 26.2. The molecule has 11 heteroatoms. The topological polar surface area (TPSA) is 126 Å². The number of amides is 1. The van der Waals surface area contributed by atoms with E-state index in [9.17, 15) is 9.90 Å². The number of nitrogens with zero attached hydrogens (tertiary/aromatic N) is 7. The maximum atomic E-state index is 12.0. The second-order valence-corrected chi connectivity index (χ2v) is 9.98. The number of hydrogen-bond acceptors (Lipinski definition) is 8. The molecule has 3 N–H and O–H groups in total. The molecule has 4 aromatic rings. The van der Waals surface area contributed by atoms with Gasteiger partial charge in [-0.2, -0.15) is 9.97 Å². The molecule has 0 atom stereocenters. The van der Waals surface area contributed by atoms with E-state index in [0.29, 0.717) is 71.9 Å². The number of pyridine rings is 1. The van der Waals surface area contributed by atoms with Gasteiger partial charge in [0.05, 0.1) is 6.61 Å². The van der Waals surface area contributed by atoms with E-state index in [0.717, 1.165) is 5.69 Å². The van der Waals surface area contributed by atoms with Crippen LogP contribution in [0.2, 0.25) is 5.02 Å². The Kier molecular flexibility index (Phi) is 6.70. The van der Waals surface area contributed by atoms with Crippen molar-refractivity contribution in [1.29, 1.82) is 0 Å². The summed E-state index contributed by atoms with van der Waals surface area (Å²) in [5.74, 6) is 1.46. The van der Waals surface area contributed by atoms with Gasteiger partial charge in [-0.25, -0.2) is 4.98 Å². The van der Waals surface area contributed by atoms with Crippen LogP contribution in [0.15, 0.2) is 48.7 Å². The van der Waals surface area contributed by atoms with Gasteiger partial charge in [-0.05, 0) is 49.2 Å². The molecule has 10 nitrogen and oxygen atoms in total. The molecular formula is C26H29ClN8O2. The van der Waals surface area contributed by atoms with Crippen LogP contribution in [-0.4, -0.2) is 68.8 Å². The standard InChI is InChI=1S/C26H29ClN8O2/c1-26(24(28)37)10-13-34(14-11-26)22-20-23(32-25(31-22)33(2)15-16-36)35(18-8-6-17(27)7-9-18)21(30-20)19-5-3-4-12-29-19/h3-9,12,36H,10-11,13-16H2,1-2H3,(H2,28,37). The van der Waals surface area contributed by atoms with Crippen molar-refractivity contribution < 1.29 is 9.90 Å². The van der Waals surface area contributed by atoms with Crippen LogP contribution in [0.3, 0.4) is 0 Å². The van der Waals surface area contributed by atoms with E-state index in [1.165, 1.54) is 0 Å². The quantitative estimate of drug-likeness (QED) is 0.381. The van der Waals surface area contributed by atoms with Crippen LogP contribution in [0, 0.1) is 5.41 Å². The van der Waals surface area contributed by atoms with E-state index in [1.54, 1.807) is 11.1 Å². The fraction of sp³-hybridized carbons (Fsp3) is 0.346.